The number of hydrogen-bond donors (Lipinski definition) is 2. The van der Waals surface area contributed by atoms with Crippen molar-refractivity contribution in [3.8, 4) is 11.4 Å². The summed E-state index contributed by atoms with van der Waals surface area (Å²) in [6.45, 7) is 0.881. The predicted molar refractivity (Wildman–Crippen MR) is 71.6 cm³/mol. The van der Waals surface area contributed by atoms with Crippen LogP contribution in [0.5, 0.6) is 0 Å². The number of rotatable bonds is 4. The molecule has 3 nitrogen and oxygen atoms in total. The maximum atomic E-state index is 4.41. The molecule has 17 heavy (non-hydrogen) atoms. The van der Waals surface area contributed by atoms with Gasteiger partial charge in [0.25, 0.3) is 0 Å². The Morgan fingerprint density at radius 3 is 3.06 bits per heavy atom. The number of benzene rings is 1. The van der Waals surface area contributed by atoms with Crippen LogP contribution in [0.2, 0.25) is 0 Å². The summed E-state index contributed by atoms with van der Waals surface area (Å²) in [7, 11) is 0. The summed E-state index contributed by atoms with van der Waals surface area (Å²) in [6, 6.07) is 8.89. The lowest BCUT2D eigenvalue weighted by atomic mass is 10.2. The van der Waals surface area contributed by atoms with Crippen molar-refractivity contribution < 1.29 is 0 Å². The quantitative estimate of drug-likeness (QED) is 0.909. The van der Waals surface area contributed by atoms with Crippen molar-refractivity contribution in [3.63, 3.8) is 0 Å². The van der Waals surface area contributed by atoms with Gasteiger partial charge < -0.3 is 10.3 Å². The van der Waals surface area contributed by atoms with Crippen LogP contribution in [0.1, 0.15) is 18.5 Å². The fourth-order valence-corrected chi connectivity index (χ4v) is 2.17. The lowest BCUT2D eigenvalue weighted by molar-refractivity contribution is 0.677. The summed E-state index contributed by atoms with van der Waals surface area (Å²) in [4.78, 5) is 7.75. The van der Waals surface area contributed by atoms with Crippen LogP contribution < -0.4 is 5.32 Å². The molecule has 1 aliphatic carbocycles. The standard InChI is InChI=1S/C13H14BrN3/c14-10-3-1-2-9(6-10)13-16-8-12(17-13)7-15-11-4-5-11/h1-3,6,8,11,15H,4-5,7H2,(H,16,17). The molecule has 88 valence electrons. The molecular formula is C13H14BrN3. The van der Waals surface area contributed by atoms with E-state index in [0.29, 0.717) is 0 Å². The van der Waals surface area contributed by atoms with Gasteiger partial charge in [-0.25, -0.2) is 4.98 Å². The van der Waals surface area contributed by atoms with Gasteiger partial charge in [-0.1, -0.05) is 28.1 Å². The number of halogens is 1. The number of nitrogens with zero attached hydrogens (tertiary/aromatic N) is 1. The minimum absolute atomic E-state index is 0.729. The van der Waals surface area contributed by atoms with Crippen molar-refractivity contribution in [1.82, 2.24) is 15.3 Å². The molecule has 1 saturated carbocycles. The van der Waals surface area contributed by atoms with Crippen LogP contribution >= 0.6 is 15.9 Å². The number of aromatic amines is 1. The van der Waals surface area contributed by atoms with Gasteiger partial charge >= 0.3 is 0 Å². The highest BCUT2D eigenvalue weighted by atomic mass is 79.9. The lowest BCUT2D eigenvalue weighted by Gasteiger charge is -1.99. The van der Waals surface area contributed by atoms with E-state index in [0.717, 1.165) is 34.1 Å². The fourth-order valence-electron chi connectivity index (χ4n) is 1.77. The van der Waals surface area contributed by atoms with Gasteiger partial charge in [0.05, 0.1) is 0 Å². The molecule has 0 radical (unpaired) electrons. The molecule has 0 aliphatic heterocycles. The predicted octanol–water partition coefficient (Wildman–Crippen LogP) is 3.09. The van der Waals surface area contributed by atoms with Gasteiger partial charge in [0.2, 0.25) is 0 Å². The highest BCUT2D eigenvalue weighted by molar-refractivity contribution is 9.10. The first-order valence-corrected chi connectivity index (χ1v) is 6.64. The number of nitrogens with one attached hydrogen (secondary N) is 2. The van der Waals surface area contributed by atoms with E-state index < -0.39 is 0 Å². The van der Waals surface area contributed by atoms with Crippen LogP contribution in [0.15, 0.2) is 34.9 Å². The van der Waals surface area contributed by atoms with E-state index in [1.54, 1.807) is 0 Å². The molecule has 1 aliphatic rings. The van der Waals surface area contributed by atoms with E-state index in [1.807, 2.05) is 18.3 Å². The second-order valence-corrected chi connectivity index (χ2v) is 5.34. The summed E-state index contributed by atoms with van der Waals surface area (Å²) < 4.78 is 1.07. The Labute approximate surface area is 109 Å². The largest absolute Gasteiger partial charge is 0.341 e. The molecule has 1 heterocycles. The molecule has 3 rings (SSSR count). The Morgan fingerprint density at radius 1 is 1.41 bits per heavy atom. The highest BCUT2D eigenvalue weighted by Crippen LogP contribution is 2.21. The van der Waals surface area contributed by atoms with Crippen molar-refractivity contribution in [2.24, 2.45) is 0 Å². The molecule has 1 fully saturated rings. The van der Waals surface area contributed by atoms with E-state index in [1.165, 1.54) is 12.8 Å². The van der Waals surface area contributed by atoms with Crippen molar-refractivity contribution in [2.45, 2.75) is 25.4 Å². The Kier molecular flexibility index (Phi) is 2.99. The maximum absolute atomic E-state index is 4.41. The molecule has 4 heteroatoms. The molecule has 1 aromatic heterocycles. The molecule has 0 saturated heterocycles. The van der Waals surface area contributed by atoms with Gasteiger partial charge in [0.1, 0.15) is 5.82 Å². The Bertz CT molecular complexity index is 517. The Morgan fingerprint density at radius 2 is 2.29 bits per heavy atom. The van der Waals surface area contributed by atoms with E-state index in [9.17, 15) is 0 Å². The molecule has 0 unspecified atom stereocenters. The molecule has 2 aromatic rings. The summed E-state index contributed by atoms with van der Waals surface area (Å²) >= 11 is 3.47. The number of hydrogen-bond acceptors (Lipinski definition) is 2. The SMILES string of the molecule is Brc1cccc(-c2ncc(CNC3CC3)[nH]2)c1. The Balaban J connectivity index is 1.74. The zero-order chi connectivity index (χ0) is 11.7. The van der Waals surface area contributed by atoms with Crippen molar-refractivity contribution in [1.29, 1.82) is 0 Å². The lowest BCUT2D eigenvalue weighted by Crippen LogP contribution is -2.15. The second-order valence-electron chi connectivity index (χ2n) is 4.42. The van der Waals surface area contributed by atoms with Crippen LogP contribution in [-0.4, -0.2) is 16.0 Å². The van der Waals surface area contributed by atoms with Crippen LogP contribution in [0, 0.1) is 0 Å². The first kappa shape index (κ1) is 11.0. The van der Waals surface area contributed by atoms with Gasteiger partial charge in [0, 0.05) is 34.5 Å². The topological polar surface area (TPSA) is 40.7 Å². The van der Waals surface area contributed by atoms with Gasteiger partial charge in [-0.2, -0.15) is 0 Å². The van der Waals surface area contributed by atoms with E-state index in [2.05, 4.69) is 43.3 Å². The normalized spacial score (nSPS) is 15.1. The molecule has 1 aromatic carbocycles. The zero-order valence-corrected chi connectivity index (χ0v) is 11.0. The fraction of sp³-hybridized carbons (Fsp3) is 0.308. The number of H-pyrrole nitrogens is 1. The monoisotopic (exact) mass is 291 g/mol. The second kappa shape index (κ2) is 4.63. The minimum Gasteiger partial charge on any atom is -0.341 e. The maximum Gasteiger partial charge on any atom is 0.137 e. The third-order valence-corrected chi connectivity index (χ3v) is 3.38. The van der Waals surface area contributed by atoms with Gasteiger partial charge in [-0.05, 0) is 25.0 Å². The van der Waals surface area contributed by atoms with Gasteiger partial charge in [-0.15, -0.1) is 0 Å². The third-order valence-electron chi connectivity index (χ3n) is 2.89. The summed E-state index contributed by atoms with van der Waals surface area (Å²) in [5.41, 5.74) is 2.25. The third kappa shape index (κ3) is 2.76. The zero-order valence-electron chi connectivity index (χ0n) is 9.41. The Hall–Kier alpha value is -1.13. The first-order chi connectivity index (χ1) is 8.31. The highest BCUT2D eigenvalue weighted by Gasteiger charge is 2.20. The molecule has 2 N–H and O–H groups in total. The average Bonchev–Trinajstić information content (AvgIpc) is 3.04. The number of aromatic nitrogens is 2. The van der Waals surface area contributed by atoms with Gasteiger partial charge in [0.15, 0.2) is 0 Å². The molecule has 0 amide bonds. The minimum atomic E-state index is 0.729. The van der Waals surface area contributed by atoms with Crippen LogP contribution in [0.3, 0.4) is 0 Å². The summed E-state index contributed by atoms with van der Waals surface area (Å²) in [6.07, 6.45) is 4.53. The van der Waals surface area contributed by atoms with Crippen molar-refractivity contribution in [3.05, 3.63) is 40.6 Å². The van der Waals surface area contributed by atoms with Crippen LogP contribution in [0.4, 0.5) is 0 Å². The van der Waals surface area contributed by atoms with Gasteiger partial charge in [-0.3, -0.25) is 0 Å². The average molecular weight is 292 g/mol. The molecular weight excluding hydrogens is 278 g/mol. The summed E-state index contributed by atoms with van der Waals surface area (Å²) in [5.74, 6) is 0.930. The van der Waals surface area contributed by atoms with E-state index in [4.69, 9.17) is 0 Å². The van der Waals surface area contributed by atoms with Crippen LogP contribution in [-0.2, 0) is 6.54 Å². The van der Waals surface area contributed by atoms with E-state index >= 15 is 0 Å². The van der Waals surface area contributed by atoms with E-state index in [-0.39, 0.29) is 0 Å². The number of imidazole rings is 1. The molecule has 0 spiro atoms. The first-order valence-electron chi connectivity index (χ1n) is 5.84. The van der Waals surface area contributed by atoms with Crippen LogP contribution in [0.25, 0.3) is 11.4 Å². The van der Waals surface area contributed by atoms with Crippen molar-refractivity contribution >= 4 is 15.9 Å². The molecule has 0 bridgehead atoms. The van der Waals surface area contributed by atoms with Crippen molar-refractivity contribution in [2.75, 3.05) is 0 Å². The summed E-state index contributed by atoms with van der Waals surface area (Å²) in [5, 5.41) is 3.47. The molecule has 0 atom stereocenters. The smallest absolute Gasteiger partial charge is 0.137 e.